The second-order valence-electron chi connectivity index (χ2n) is 6.68. The number of aliphatic hydroxyl groups excluding tert-OH is 1. The van der Waals surface area contributed by atoms with Gasteiger partial charge in [0.15, 0.2) is 0 Å². The highest BCUT2D eigenvalue weighted by atomic mass is 16.4. The molecular weight excluding hydrogens is 270 g/mol. The van der Waals surface area contributed by atoms with Gasteiger partial charge in [-0.15, -0.1) is 0 Å². The maximum absolute atomic E-state index is 12.6. The van der Waals surface area contributed by atoms with Crippen molar-refractivity contribution in [3.8, 4) is 0 Å². The lowest BCUT2D eigenvalue weighted by molar-refractivity contribution is -0.148. The molecule has 6 atom stereocenters. The summed E-state index contributed by atoms with van der Waals surface area (Å²) in [5.74, 6) is -1.86. The van der Waals surface area contributed by atoms with Crippen molar-refractivity contribution in [3.05, 3.63) is 12.2 Å². The molecule has 0 spiro atoms. The van der Waals surface area contributed by atoms with Gasteiger partial charge < -0.3 is 15.5 Å². The van der Waals surface area contributed by atoms with Crippen LogP contribution in [-0.4, -0.2) is 34.7 Å². The summed E-state index contributed by atoms with van der Waals surface area (Å²) in [5, 5.41) is 21.9. The second-order valence-corrected chi connectivity index (χ2v) is 6.68. The third kappa shape index (κ3) is 2.59. The van der Waals surface area contributed by atoms with Crippen molar-refractivity contribution in [2.45, 2.75) is 38.1 Å². The Morgan fingerprint density at radius 2 is 1.76 bits per heavy atom. The van der Waals surface area contributed by atoms with Gasteiger partial charge in [0.1, 0.15) is 0 Å². The maximum Gasteiger partial charge on any atom is 0.307 e. The number of rotatable bonds is 4. The number of hydrogen-bond donors (Lipinski definition) is 3. The van der Waals surface area contributed by atoms with E-state index in [0.29, 0.717) is 0 Å². The molecule has 116 valence electrons. The van der Waals surface area contributed by atoms with Crippen LogP contribution in [-0.2, 0) is 9.59 Å². The standard InChI is InChI=1S/C16H23NO4/c18-8-11-3-1-2-4-12(11)17-15(19)13-9-5-6-10(7-9)14(13)16(20)21/h5-6,9-14,18H,1-4,7-8H2,(H,17,19)(H,20,21). The molecule has 0 aromatic rings. The minimum absolute atomic E-state index is 0.00300. The van der Waals surface area contributed by atoms with Gasteiger partial charge >= 0.3 is 5.97 Å². The molecule has 3 aliphatic rings. The first-order chi connectivity index (χ1) is 10.1. The van der Waals surface area contributed by atoms with Crippen LogP contribution in [0, 0.1) is 29.6 Å². The van der Waals surface area contributed by atoms with Gasteiger partial charge in [-0.25, -0.2) is 0 Å². The van der Waals surface area contributed by atoms with Crippen molar-refractivity contribution in [2.24, 2.45) is 29.6 Å². The molecule has 0 heterocycles. The summed E-state index contributed by atoms with van der Waals surface area (Å²) >= 11 is 0. The lowest BCUT2D eigenvalue weighted by Crippen LogP contribution is -2.48. The summed E-state index contributed by atoms with van der Waals surface area (Å²) < 4.78 is 0. The zero-order valence-corrected chi connectivity index (χ0v) is 12.1. The Bertz CT molecular complexity index is 461. The van der Waals surface area contributed by atoms with Gasteiger partial charge in [-0.1, -0.05) is 25.0 Å². The number of carboxylic acid groups (broad SMARTS) is 1. The number of aliphatic hydroxyl groups is 1. The zero-order valence-electron chi connectivity index (χ0n) is 12.1. The molecule has 3 aliphatic carbocycles. The van der Waals surface area contributed by atoms with Crippen molar-refractivity contribution in [2.75, 3.05) is 6.61 Å². The van der Waals surface area contributed by atoms with Crippen molar-refractivity contribution in [1.82, 2.24) is 5.32 Å². The molecule has 3 N–H and O–H groups in total. The molecule has 3 rings (SSSR count). The molecular formula is C16H23NO4. The Hall–Kier alpha value is -1.36. The van der Waals surface area contributed by atoms with Crippen LogP contribution in [0.5, 0.6) is 0 Å². The number of carbonyl (C=O) groups is 2. The molecule has 5 heteroatoms. The van der Waals surface area contributed by atoms with Crippen molar-refractivity contribution < 1.29 is 19.8 Å². The summed E-state index contributed by atoms with van der Waals surface area (Å²) in [4.78, 5) is 24.1. The molecule has 0 saturated heterocycles. The van der Waals surface area contributed by atoms with Gasteiger partial charge in [0.2, 0.25) is 5.91 Å². The van der Waals surface area contributed by atoms with E-state index in [2.05, 4.69) is 5.32 Å². The molecule has 6 unspecified atom stereocenters. The van der Waals surface area contributed by atoms with E-state index in [9.17, 15) is 19.8 Å². The van der Waals surface area contributed by atoms with E-state index >= 15 is 0 Å². The topological polar surface area (TPSA) is 86.6 Å². The summed E-state index contributed by atoms with van der Waals surface area (Å²) in [6.45, 7) is 0.0872. The number of carbonyl (C=O) groups excluding carboxylic acids is 1. The van der Waals surface area contributed by atoms with Crippen LogP contribution < -0.4 is 5.32 Å². The normalized spacial score (nSPS) is 41.2. The Balaban J connectivity index is 1.70. The van der Waals surface area contributed by atoms with E-state index in [0.717, 1.165) is 32.1 Å². The molecule has 2 fully saturated rings. The van der Waals surface area contributed by atoms with Crippen LogP contribution in [0.2, 0.25) is 0 Å². The smallest absolute Gasteiger partial charge is 0.307 e. The third-order valence-electron chi connectivity index (χ3n) is 5.52. The first-order valence-electron chi connectivity index (χ1n) is 7.94. The fourth-order valence-corrected chi connectivity index (χ4v) is 4.41. The van der Waals surface area contributed by atoms with Gasteiger partial charge in [0.25, 0.3) is 0 Å². The number of hydrogen-bond acceptors (Lipinski definition) is 3. The first-order valence-corrected chi connectivity index (χ1v) is 7.94. The van der Waals surface area contributed by atoms with Gasteiger partial charge in [0.05, 0.1) is 11.8 Å². The van der Waals surface area contributed by atoms with Crippen LogP contribution >= 0.6 is 0 Å². The van der Waals surface area contributed by atoms with E-state index in [1.54, 1.807) is 0 Å². The minimum atomic E-state index is -0.866. The predicted molar refractivity (Wildman–Crippen MR) is 76.3 cm³/mol. The van der Waals surface area contributed by atoms with Gasteiger partial charge in [-0.3, -0.25) is 9.59 Å². The van der Waals surface area contributed by atoms with E-state index in [4.69, 9.17) is 0 Å². The molecule has 0 radical (unpaired) electrons. The fourth-order valence-electron chi connectivity index (χ4n) is 4.41. The molecule has 0 aromatic carbocycles. The average molecular weight is 293 g/mol. The molecule has 0 aliphatic heterocycles. The molecule has 21 heavy (non-hydrogen) atoms. The van der Waals surface area contributed by atoms with Crippen LogP contribution in [0.1, 0.15) is 32.1 Å². The van der Waals surface area contributed by atoms with Crippen LogP contribution in [0.4, 0.5) is 0 Å². The number of aliphatic carboxylic acids is 1. The van der Waals surface area contributed by atoms with E-state index < -0.39 is 17.8 Å². The van der Waals surface area contributed by atoms with Crippen LogP contribution in [0.25, 0.3) is 0 Å². The molecule has 0 aromatic heterocycles. The SMILES string of the molecule is O=C(O)C1C2C=CC(C2)C1C(=O)NC1CCCCC1CO. The zero-order chi connectivity index (χ0) is 15.0. The highest BCUT2D eigenvalue weighted by Crippen LogP contribution is 2.48. The number of fused-ring (bicyclic) bond motifs is 2. The second kappa shape index (κ2) is 5.79. The minimum Gasteiger partial charge on any atom is -0.481 e. The first kappa shape index (κ1) is 14.6. The summed E-state index contributed by atoms with van der Waals surface area (Å²) in [7, 11) is 0. The van der Waals surface area contributed by atoms with Crippen LogP contribution in [0.3, 0.4) is 0 Å². The third-order valence-corrected chi connectivity index (χ3v) is 5.52. The van der Waals surface area contributed by atoms with Crippen molar-refractivity contribution in [1.29, 1.82) is 0 Å². The summed E-state index contributed by atoms with van der Waals surface area (Å²) in [5.41, 5.74) is 0. The van der Waals surface area contributed by atoms with Gasteiger partial charge in [-0.2, -0.15) is 0 Å². The molecule has 2 saturated carbocycles. The molecule has 2 bridgehead atoms. The van der Waals surface area contributed by atoms with E-state index in [1.165, 1.54) is 0 Å². The van der Waals surface area contributed by atoms with Gasteiger partial charge in [-0.05, 0) is 31.1 Å². The molecule has 5 nitrogen and oxygen atoms in total. The van der Waals surface area contributed by atoms with Gasteiger partial charge in [0, 0.05) is 18.6 Å². The number of carboxylic acids is 1. The quantitative estimate of drug-likeness (QED) is 0.679. The summed E-state index contributed by atoms with van der Waals surface area (Å²) in [6, 6.07) is -0.00574. The van der Waals surface area contributed by atoms with Crippen molar-refractivity contribution >= 4 is 11.9 Å². The Morgan fingerprint density at radius 1 is 1.10 bits per heavy atom. The lowest BCUT2D eigenvalue weighted by atomic mass is 9.80. The molecule has 1 amide bonds. The Morgan fingerprint density at radius 3 is 2.43 bits per heavy atom. The summed E-state index contributed by atoms with van der Waals surface area (Å²) in [6.07, 6.45) is 8.69. The number of amides is 1. The Kier molecular flexibility index (Phi) is 4.02. The van der Waals surface area contributed by atoms with Crippen LogP contribution in [0.15, 0.2) is 12.2 Å². The number of nitrogens with one attached hydrogen (secondary N) is 1. The maximum atomic E-state index is 12.6. The number of allylic oxidation sites excluding steroid dienone is 2. The Labute approximate surface area is 124 Å². The van der Waals surface area contributed by atoms with E-state index in [-0.39, 0.29) is 36.3 Å². The lowest BCUT2D eigenvalue weighted by Gasteiger charge is -2.33. The fraction of sp³-hybridized carbons (Fsp3) is 0.750. The highest BCUT2D eigenvalue weighted by Gasteiger charge is 2.52. The van der Waals surface area contributed by atoms with Crippen molar-refractivity contribution in [3.63, 3.8) is 0 Å². The van der Waals surface area contributed by atoms with E-state index in [1.807, 2.05) is 12.2 Å². The monoisotopic (exact) mass is 293 g/mol. The highest BCUT2D eigenvalue weighted by molar-refractivity contribution is 5.87. The largest absolute Gasteiger partial charge is 0.481 e. The predicted octanol–water partition coefficient (Wildman–Crippen LogP) is 1.18. The average Bonchev–Trinajstić information content (AvgIpc) is 3.08.